The van der Waals surface area contributed by atoms with E-state index < -0.39 is 0 Å². The molecule has 4 heterocycles. The summed E-state index contributed by atoms with van der Waals surface area (Å²) in [6.45, 7) is 4.95. The number of ether oxygens (including phenoxy) is 1. The summed E-state index contributed by atoms with van der Waals surface area (Å²) in [4.78, 5) is 2.46. The van der Waals surface area contributed by atoms with Crippen LogP contribution < -0.4 is 0 Å². The van der Waals surface area contributed by atoms with E-state index in [4.69, 9.17) is 4.74 Å². The van der Waals surface area contributed by atoms with E-state index in [9.17, 15) is 5.11 Å². The topological polar surface area (TPSA) is 63.4 Å². The summed E-state index contributed by atoms with van der Waals surface area (Å²) in [5.41, 5.74) is 0.384. The van der Waals surface area contributed by atoms with Gasteiger partial charge in [-0.25, -0.2) is 0 Å². The van der Waals surface area contributed by atoms with Gasteiger partial charge in [0.15, 0.2) is 0 Å². The molecule has 128 valence electrons. The number of aryl methyl sites for hydroxylation is 1. The molecule has 2 fully saturated rings. The second kappa shape index (κ2) is 6.49. The highest BCUT2D eigenvalue weighted by atomic mass is 16.5. The zero-order valence-corrected chi connectivity index (χ0v) is 13.9. The molecule has 1 aromatic heterocycles. The van der Waals surface area contributed by atoms with Gasteiger partial charge in [0.2, 0.25) is 0 Å². The lowest BCUT2D eigenvalue weighted by Crippen LogP contribution is -2.51. The molecule has 0 aliphatic carbocycles. The normalized spacial score (nSPS) is 28.0. The number of hydrogen-bond acceptors (Lipinski definition) is 5. The molecular formula is C17H28N4O2. The average Bonchev–Trinajstić information content (AvgIpc) is 2.99. The molecule has 3 aliphatic heterocycles. The van der Waals surface area contributed by atoms with Crippen molar-refractivity contribution in [1.29, 1.82) is 0 Å². The summed E-state index contributed by atoms with van der Waals surface area (Å²) in [5, 5.41) is 18.6. The Morgan fingerprint density at radius 2 is 2.04 bits per heavy atom. The molecule has 4 rings (SSSR count). The molecule has 23 heavy (non-hydrogen) atoms. The first kappa shape index (κ1) is 15.5. The highest BCUT2D eigenvalue weighted by Crippen LogP contribution is 2.41. The third kappa shape index (κ3) is 3.04. The number of nitrogens with zero attached hydrogens (tertiary/aromatic N) is 4. The molecule has 0 radical (unpaired) electrons. The predicted octanol–water partition coefficient (Wildman–Crippen LogP) is 1.37. The minimum Gasteiger partial charge on any atom is -0.395 e. The Morgan fingerprint density at radius 1 is 1.17 bits per heavy atom. The largest absolute Gasteiger partial charge is 0.395 e. The van der Waals surface area contributed by atoms with E-state index in [1.54, 1.807) is 0 Å². The second-order valence-electron chi connectivity index (χ2n) is 7.53. The third-order valence-corrected chi connectivity index (χ3v) is 6.11. The molecule has 0 aromatic carbocycles. The van der Waals surface area contributed by atoms with Gasteiger partial charge in [0, 0.05) is 38.8 Å². The summed E-state index contributed by atoms with van der Waals surface area (Å²) in [5.74, 6) is 2.23. The van der Waals surface area contributed by atoms with E-state index >= 15 is 0 Å². The van der Waals surface area contributed by atoms with Gasteiger partial charge in [0.1, 0.15) is 11.6 Å². The Morgan fingerprint density at radius 3 is 2.87 bits per heavy atom. The van der Waals surface area contributed by atoms with Crippen molar-refractivity contribution in [3.63, 3.8) is 0 Å². The van der Waals surface area contributed by atoms with Gasteiger partial charge < -0.3 is 14.4 Å². The minimum atomic E-state index is 0.244. The number of likely N-dealkylation sites (tertiary alicyclic amines) is 1. The number of aliphatic hydroxyl groups is 1. The van der Waals surface area contributed by atoms with Gasteiger partial charge in [0.25, 0.3) is 0 Å². The van der Waals surface area contributed by atoms with Crippen molar-refractivity contribution in [3.8, 4) is 0 Å². The molecule has 6 heteroatoms. The van der Waals surface area contributed by atoms with Crippen LogP contribution in [0.3, 0.4) is 0 Å². The van der Waals surface area contributed by atoms with E-state index in [1.165, 1.54) is 19.3 Å². The van der Waals surface area contributed by atoms with Crippen molar-refractivity contribution < 1.29 is 9.84 Å². The van der Waals surface area contributed by atoms with Gasteiger partial charge in [-0.15, -0.1) is 10.2 Å². The van der Waals surface area contributed by atoms with Crippen LogP contribution in [0.5, 0.6) is 0 Å². The highest BCUT2D eigenvalue weighted by molar-refractivity contribution is 5.01. The molecule has 0 saturated carbocycles. The zero-order valence-electron chi connectivity index (χ0n) is 13.9. The van der Waals surface area contributed by atoms with Crippen LogP contribution >= 0.6 is 0 Å². The number of rotatable bonds is 3. The lowest BCUT2D eigenvalue weighted by atomic mass is 9.72. The summed E-state index contributed by atoms with van der Waals surface area (Å²) in [7, 11) is 0. The Balaban J connectivity index is 1.51. The molecule has 1 spiro atoms. The molecule has 0 bridgehead atoms. The number of hydrogen-bond donors (Lipinski definition) is 1. The molecule has 1 aromatic rings. The van der Waals surface area contributed by atoms with Gasteiger partial charge in [0.05, 0.1) is 13.2 Å². The number of fused-ring (bicyclic) bond motifs is 1. The van der Waals surface area contributed by atoms with Crippen LogP contribution in [0.25, 0.3) is 0 Å². The van der Waals surface area contributed by atoms with Crippen molar-refractivity contribution in [2.75, 3.05) is 26.4 Å². The van der Waals surface area contributed by atoms with Gasteiger partial charge in [-0.05, 0) is 43.9 Å². The molecule has 3 aliphatic rings. The van der Waals surface area contributed by atoms with Crippen LogP contribution in [0.2, 0.25) is 0 Å². The molecule has 1 atom stereocenters. The van der Waals surface area contributed by atoms with Crippen molar-refractivity contribution in [2.45, 2.75) is 64.1 Å². The summed E-state index contributed by atoms with van der Waals surface area (Å²) < 4.78 is 7.88. The van der Waals surface area contributed by atoms with Crippen LogP contribution in [-0.4, -0.2) is 57.2 Å². The molecular weight excluding hydrogens is 292 g/mol. The van der Waals surface area contributed by atoms with Crippen LogP contribution in [0.15, 0.2) is 0 Å². The molecule has 0 amide bonds. The van der Waals surface area contributed by atoms with Crippen molar-refractivity contribution in [1.82, 2.24) is 19.7 Å². The van der Waals surface area contributed by atoms with E-state index in [2.05, 4.69) is 19.7 Å². The molecule has 2 saturated heterocycles. The van der Waals surface area contributed by atoms with Gasteiger partial charge in [-0.1, -0.05) is 0 Å². The predicted molar refractivity (Wildman–Crippen MR) is 86.0 cm³/mol. The standard InChI is InChI=1S/C17H28N4O2/c22-12-14-4-5-17(6-9-23-10-7-17)13-20(14)11-16-19-18-15-3-1-2-8-21(15)16/h14,22H,1-13H2. The Bertz CT molecular complexity index is 539. The fourth-order valence-corrected chi connectivity index (χ4v) is 4.57. The van der Waals surface area contributed by atoms with Crippen LogP contribution in [0.4, 0.5) is 0 Å². The second-order valence-corrected chi connectivity index (χ2v) is 7.53. The molecule has 1 unspecified atom stereocenters. The average molecular weight is 320 g/mol. The Labute approximate surface area is 137 Å². The first-order valence-corrected chi connectivity index (χ1v) is 9.13. The SMILES string of the molecule is OCC1CCC2(CCOCC2)CN1Cc1nnc2n1CCCC2. The lowest BCUT2D eigenvalue weighted by molar-refractivity contribution is -0.0559. The Kier molecular flexibility index (Phi) is 4.39. The van der Waals surface area contributed by atoms with Crippen molar-refractivity contribution in [3.05, 3.63) is 11.6 Å². The van der Waals surface area contributed by atoms with Crippen LogP contribution in [0.1, 0.15) is 50.2 Å². The number of aromatic nitrogens is 3. The quantitative estimate of drug-likeness (QED) is 0.911. The summed E-state index contributed by atoms with van der Waals surface area (Å²) in [6.07, 6.45) is 8.11. The van der Waals surface area contributed by atoms with Crippen LogP contribution in [-0.2, 0) is 24.2 Å². The smallest absolute Gasteiger partial charge is 0.147 e. The summed E-state index contributed by atoms with van der Waals surface area (Å²) in [6, 6.07) is 0.264. The fourth-order valence-electron chi connectivity index (χ4n) is 4.57. The number of aliphatic hydroxyl groups excluding tert-OH is 1. The zero-order chi connectivity index (χ0) is 15.7. The lowest BCUT2D eigenvalue weighted by Gasteiger charge is -2.48. The first-order chi connectivity index (χ1) is 11.3. The Hall–Kier alpha value is -0.980. The van der Waals surface area contributed by atoms with Crippen molar-refractivity contribution in [2.24, 2.45) is 5.41 Å². The van der Waals surface area contributed by atoms with Gasteiger partial charge in [-0.3, -0.25) is 4.90 Å². The summed E-state index contributed by atoms with van der Waals surface area (Å²) >= 11 is 0. The van der Waals surface area contributed by atoms with Gasteiger partial charge >= 0.3 is 0 Å². The minimum absolute atomic E-state index is 0.244. The first-order valence-electron chi connectivity index (χ1n) is 9.13. The number of piperidine rings is 1. The maximum absolute atomic E-state index is 9.81. The highest BCUT2D eigenvalue weighted by Gasteiger charge is 2.40. The van der Waals surface area contributed by atoms with Crippen LogP contribution in [0, 0.1) is 5.41 Å². The van der Waals surface area contributed by atoms with E-state index in [0.29, 0.717) is 5.41 Å². The monoisotopic (exact) mass is 320 g/mol. The maximum Gasteiger partial charge on any atom is 0.147 e. The van der Waals surface area contributed by atoms with Crippen molar-refractivity contribution >= 4 is 0 Å². The van der Waals surface area contributed by atoms with E-state index in [0.717, 1.165) is 70.2 Å². The fraction of sp³-hybridized carbons (Fsp3) is 0.882. The van der Waals surface area contributed by atoms with E-state index in [1.807, 2.05) is 0 Å². The van der Waals surface area contributed by atoms with Gasteiger partial charge in [-0.2, -0.15) is 0 Å². The van der Waals surface area contributed by atoms with E-state index in [-0.39, 0.29) is 12.6 Å². The molecule has 1 N–H and O–H groups in total. The molecule has 6 nitrogen and oxygen atoms in total. The maximum atomic E-state index is 9.81. The third-order valence-electron chi connectivity index (χ3n) is 6.11.